The van der Waals surface area contributed by atoms with Crippen molar-refractivity contribution in [2.75, 3.05) is 6.54 Å². The number of halogens is 1. The highest BCUT2D eigenvalue weighted by molar-refractivity contribution is 9.10. The zero-order valence-corrected chi connectivity index (χ0v) is 12.9. The van der Waals surface area contributed by atoms with Crippen molar-refractivity contribution < 1.29 is 0 Å². The van der Waals surface area contributed by atoms with Gasteiger partial charge in [-0.15, -0.1) is 0 Å². The molecule has 1 saturated carbocycles. The number of rotatable bonds is 5. The summed E-state index contributed by atoms with van der Waals surface area (Å²) < 4.78 is 3.54. The topological polar surface area (TPSA) is 43.8 Å². The maximum Gasteiger partial charge on any atom is 0.110 e. The van der Waals surface area contributed by atoms with Crippen LogP contribution in [0.3, 0.4) is 0 Å². The Morgan fingerprint density at radius 1 is 1.47 bits per heavy atom. The van der Waals surface area contributed by atoms with E-state index in [0.29, 0.717) is 12.0 Å². The lowest BCUT2D eigenvalue weighted by Crippen LogP contribution is -2.18. The number of imidazole rings is 1. The molecule has 3 nitrogen and oxygen atoms in total. The van der Waals surface area contributed by atoms with E-state index in [9.17, 15) is 0 Å². The second kappa shape index (κ2) is 5.25. The first-order chi connectivity index (χ1) is 9.22. The Kier molecular flexibility index (Phi) is 3.63. The van der Waals surface area contributed by atoms with Crippen LogP contribution >= 0.6 is 15.9 Å². The molecule has 1 unspecified atom stereocenters. The summed E-state index contributed by atoms with van der Waals surface area (Å²) >= 11 is 3.53. The fourth-order valence-corrected chi connectivity index (χ4v) is 3.01. The van der Waals surface area contributed by atoms with E-state index in [0.717, 1.165) is 29.4 Å². The molecule has 1 atom stereocenters. The molecule has 1 heterocycles. The molecule has 1 aliphatic rings. The SMILES string of the molecule is CCC(CN)Cc1nc2cc(Br)ccc2n1C1CC1. The summed E-state index contributed by atoms with van der Waals surface area (Å²) in [7, 11) is 0. The second-order valence-electron chi connectivity index (χ2n) is 5.48. The smallest absolute Gasteiger partial charge is 0.110 e. The first-order valence-corrected chi connectivity index (χ1v) is 7.88. The number of benzene rings is 1. The van der Waals surface area contributed by atoms with Gasteiger partial charge in [0.1, 0.15) is 5.82 Å². The first kappa shape index (κ1) is 13.1. The van der Waals surface area contributed by atoms with Crippen LogP contribution in [0.25, 0.3) is 11.0 Å². The zero-order valence-electron chi connectivity index (χ0n) is 11.3. The number of hydrogen-bond donors (Lipinski definition) is 1. The van der Waals surface area contributed by atoms with Crippen LogP contribution in [-0.4, -0.2) is 16.1 Å². The van der Waals surface area contributed by atoms with Gasteiger partial charge in [-0.2, -0.15) is 0 Å². The Bertz CT molecular complexity index is 582. The van der Waals surface area contributed by atoms with Gasteiger partial charge in [-0.25, -0.2) is 4.98 Å². The summed E-state index contributed by atoms with van der Waals surface area (Å²) in [5.41, 5.74) is 8.22. The molecule has 19 heavy (non-hydrogen) atoms. The fraction of sp³-hybridized carbons (Fsp3) is 0.533. The largest absolute Gasteiger partial charge is 0.330 e. The Morgan fingerprint density at radius 2 is 2.26 bits per heavy atom. The number of aromatic nitrogens is 2. The Hall–Kier alpha value is -0.870. The van der Waals surface area contributed by atoms with Crippen LogP contribution in [0.4, 0.5) is 0 Å². The van der Waals surface area contributed by atoms with Gasteiger partial charge in [-0.3, -0.25) is 0 Å². The Labute approximate surface area is 122 Å². The summed E-state index contributed by atoms with van der Waals surface area (Å²) in [6.07, 6.45) is 4.69. The van der Waals surface area contributed by atoms with Gasteiger partial charge in [0.05, 0.1) is 11.0 Å². The van der Waals surface area contributed by atoms with Gasteiger partial charge in [0, 0.05) is 16.9 Å². The summed E-state index contributed by atoms with van der Waals surface area (Å²) in [5, 5.41) is 0. The van der Waals surface area contributed by atoms with Crippen LogP contribution in [0.1, 0.15) is 38.1 Å². The first-order valence-electron chi connectivity index (χ1n) is 7.09. The second-order valence-corrected chi connectivity index (χ2v) is 6.39. The highest BCUT2D eigenvalue weighted by Gasteiger charge is 2.28. The van der Waals surface area contributed by atoms with E-state index in [2.05, 4.69) is 45.6 Å². The number of nitrogens with zero attached hydrogens (tertiary/aromatic N) is 2. The lowest BCUT2D eigenvalue weighted by atomic mass is 10.0. The molecule has 2 N–H and O–H groups in total. The van der Waals surface area contributed by atoms with Crippen molar-refractivity contribution >= 4 is 27.0 Å². The predicted octanol–water partition coefficient (Wildman–Crippen LogP) is 3.66. The summed E-state index contributed by atoms with van der Waals surface area (Å²) in [4.78, 5) is 4.85. The monoisotopic (exact) mass is 321 g/mol. The molecule has 0 aliphatic heterocycles. The van der Waals surface area contributed by atoms with Gasteiger partial charge in [0.15, 0.2) is 0 Å². The minimum Gasteiger partial charge on any atom is -0.330 e. The third-order valence-electron chi connectivity index (χ3n) is 4.02. The van der Waals surface area contributed by atoms with Crippen LogP contribution in [0, 0.1) is 5.92 Å². The highest BCUT2D eigenvalue weighted by Crippen LogP contribution is 2.39. The van der Waals surface area contributed by atoms with Crippen LogP contribution in [-0.2, 0) is 6.42 Å². The lowest BCUT2D eigenvalue weighted by molar-refractivity contribution is 0.492. The van der Waals surface area contributed by atoms with Crippen molar-refractivity contribution in [3.05, 3.63) is 28.5 Å². The minimum atomic E-state index is 0.540. The van der Waals surface area contributed by atoms with Crippen LogP contribution in [0.5, 0.6) is 0 Å². The highest BCUT2D eigenvalue weighted by atomic mass is 79.9. The average molecular weight is 322 g/mol. The van der Waals surface area contributed by atoms with Crippen molar-refractivity contribution in [2.24, 2.45) is 11.7 Å². The molecule has 1 aromatic carbocycles. The number of nitrogens with two attached hydrogens (primary N) is 1. The van der Waals surface area contributed by atoms with Crippen molar-refractivity contribution in [2.45, 2.75) is 38.6 Å². The molecule has 1 aliphatic carbocycles. The third-order valence-corrected chi connectivity index (χ3v) is 4.51. The summed E-state index contributed by atoms with van der Waals surface area (Å²) in [6, 6.07) is 7.06. The van der Waals surface area contributed by atoms with Gasteiger partial charge in [0.25, 0.3) is 0 Å². The predicted molar refractivity (Wildman–Crippen MR) is 82.2 cm³/mol. The van der Waals surface area contributed by atoms with Gasteiger partial charge in [0.2, 0.25) is 0 Å². The third kappa shape index (κ3) is 2.56. The van der Waals surface area contributed by atoms with Crippen molar-refractivity contribution in [3.63, 3.8) is 0 Å². The molecule has 1 fully saturated rings. The van der Waals surface area contributed by atoms with Gasteiger partial charge in [-0.1, -0.05) is 29.3 Å². The van der Waals surface area contributed by atoms with E-state index in [1.54, 1.807) is 0 Å². The Balaban J connectivity index is 2.04. The molecular formula is C15H20BrN3. The van der Waals surface area contributed by atoms with Gasteiger partial charge >= 0.3 is 0 Å². The number of fused-ring (bicyclic) bond motifs is 1. The molecule has 0 spiro atoms. The summed E-state index contributed by atoms with van der Waals surface area (Å²) in [6.45, 7) is 2.95. The molecule has 0 bridgehead atoms. The fourth-order valence-electron chi connectivity index (χ4n) is 2.66. The van der Waals surface area contributed by atoms with E-state index >= 15 is 0 Å². The molecule has 0 radical (unpaired) electrons. The number of hydrogen-bond acceptors (Lipinski definition) is 2. The van der Waals surface area contributed by atoms with E-state index in [1.807, 2.05) is 0 Å². The molecule has 1 aromatic heterocycles. The van der Waals surface area contributed by atoms with Crippen LogP contribution in [0.2, 0.25) is 0 Å². The van der Waals surface area contributed by atoms with Crippen molar-refractivity contribution in [3.8, 4) is 0 Å². The van der Waals surface area contributed by atoms with E-state index < -0.39 is 0 Å². The molecular weight excluding hydrogens is 302 g/mol. The van der Waals surface area contributed by atoms with Gasteiger partial charge in [-0.05, 0) is 43.5 Å². The molecule has 0 saturated heterocycles. The minimum absolute atomic E-state index is 0.540. The van der Waals surface area contributed by atoms with Gasteiger partial charge < -0.3 is 10.3 Å². The molecule has 0 amide bonds. The normalized spacial score (nSPS) is 17.0. The van der Waals surface area contributed by atoms with Crippen molar-refractivity contribution in [1.29, 1.82) is 0 Å². The zero-order chi connectivity index (χ0) is 13.4. The van der Waals surface area contributed by atoms with E-state index in [4.69, 9.17) is 10.7 Å². The van der Waals surface area contributed by atoms with Crippen LogP contribution in [0.15, 0.2) is 22.7 Å². The maximum absolute atomic E-state index is 5.85. The van der Waals surface area contributed by atoms with Crippen LogP contribution < -0.4 is 5.73 Å². The standard InChI is InChI=1S/C15H20BrN3/c1-2-10(9-17)7-15-18-13-8-11(16)3-6-14(13)19(15)12-4-5-12/h3,6,8,10,12H,2,4-5,7,9,17H2,1H3. The van der Waals surface area contributed by atoms with E-state index in [1.165, 1.54) is 24.2 Å². The Morgan fingerprint density at radius 3 is 2.89 bits per heavy atom. The maximum atomic E-state index is 5.85. The summed E-state index contributed by atoms with van der Waals surface area (Å²) in [5.74, 6) is 1.76. The molecule has 2 aromatic rings. The lowest BCUT2D eigenvalue weighted by Gasteiger charge is -2.13. The average Bonchev–Trinajstić information content (AvgIpc) is 3.18. The quantitative estimate of drug-likeness (QED) is 0.913. The molecule has 102 valence electrons. The molecule has 3 rings (SSSR count). The van der Waals surface area contributed by atoms with E-state index in [-0.39, 0.29) is 0 Å². The van der Waals surface area contributed by atoms with Crippen molar-refractivity contribution in [1.82, 2.24) is 9.55 Å². The molecule has 4 heteroatoms.